The number of aliphatic hydroxyl groups is 1. The van der Waals surface area contributed by atoms with E-state index in [1.54, 1.807) is 30.2 Å². The van der Waals surface area contributed by atoms with Gasteiger partial charge in [-0.25, -0.2) is 9.97 Å². The molecule has 0 bridgehead atoms. The zero-order chi connectivity index (χ0) is 20.1. The van der Waals surface area contributed by atoms with Crippen molar-refractivity contribution >= 4 is 17.7 Å². The van der Waals surface area contributed by atoms with Crippen molar-refractivity contribution in [1.82, 2.24) is 20.3 Å². The van der Waals surface area contributed by atoms with Crippen LogP contribution in [0.4, 0.5) is 0 Å². The number of aliphatic hydroxyl groups excluding tert-OH is 1. The summed E-state index contributed by atoms with van der Waals surface area (Å²) >= 11 is 1.60. The Hall–Kier alpha value is -2.64. The van der Waals surface area contributed by atoms with E-state index >= 15 is 0 Å². The van der Waals surface area contributed by atoms with Crippen LogP contribution in [0.2, 0.25) is 0 Å². The number of benzene rings is 1. The van der Waals surface area contributed by atoms with E-state index in [4.69, 9.17) is 0 Å². The molecule has 6 nitrogen and oxygen atoms in total. The van der Waals surface area contributed by atoms with Gasteiger partial charge < -0.3 is 15.4 Å². The van der Waals surface area contributed by atoms with Crippen LogP contribution in [-0.4, -0.2) is 37.8 Å². The SMILES string of the molecule is Cc1cnc(SC(C)C)nc1-c1c[nH]c(C(=O)N[C@H](CO)c2ccccc2)c1. The first kappa shape index (κ1) is 20.1. The third-order valence-corrected chi connectivity index (χ3v) is 5.06. The van der Waals surface area contributed by atoms with Gasteiger partial charge in [-0.3, -0.25) is 4.79 Å². The fourth-order valence-corrected chi connectivity index (χ4v) is 3.48. The summed E-state index contributed by atoms with van der Waals surface area (Å²) in [6.07, 6.45) is 3.57. The number of aryl methyl sites for hydroxylation is 1. The Morgan fingerprint density at radius 3 is 2.71 bits per heavy atom. The van der Waals surface area contributed by atoms with E-state index in [-0.39, 0.29) is 12.5 Å². The van der Waals surface area contributed by atoms with Gasteiger partial charge in [0.1, 0.15) is 5.69 Å². The summed E-state index contributed by atoms with van der Waals surface area (Å²) in [7, 11) is 0. The van der Waals surface area contributed by atoms with Crippen LogP contribution in [0.3, 0.4) is 0 Å². The summed E-state index contributed by atoms with van der Waals surface area (Å²) in [5, 5.41) is 13.6. The van der Waals surface area contributed by atoms with E-state index in [0.29, 0.717) is 16.1 Å². The van der Waals surface area contributed by atoms with Crippen molar-refractivity contribution < 1.29 is 9.90 Å². The molecule has 146 valence electrons. The molecule has 7 heteroatoms. The highest BCUT2D eigenvalue weighted by atomic mass is 32.2. The van der Waals surface area contributed by atoms with Gasteiger partial charge in [0.15, 0.2) is 5.16 Å². The van der Waals surface area contributed by atoms with Gasteiger partial charge in [0.2, 0.25) is 0 Å². The Morgan fingerprint density at radius 2 is 2.04 bits per heavy atom. The second-order valence-electron chi connectivity index (χ2n) is 6.77. The number of carbonyl (C=O) groups is 1. The molecular weight excluding hydrogens is 372 g/mol. The van der Waals surface area contributed by atoms with E-state index in [0.717, 1.165) is 22.4 Å². The summed E-state index contributed by atoms with van der Waals surface area (Å²) in [6, 6.07) is 10.7. The third-order valence-electron chi connectivity index (χ3n) is 4.18. The van der Waals surface area contributed by atoms with Crippen molar-refractivity contribution in [3.05, 3.63) is 65.6 Å². The Morgan fingerprint density at radius 1 is 1.29 bits per heavy atom. The number of nitrogens with zero attached hydrogens (tertiary/aromatic N) is 2. The zero-order valence-corrected chi connectivity index (χ0v) is 17.0. The Labute approximate surface area is 168 Å². The lowest BCUT2D eigenvalue weighted by atomic mass is 10.1. The lowest BCUT2D eigenvalue weighted by Crippen LogP contribution is -2.30. The molecule has 1 amide bonds. The summed E-state index contributed by atoms with van der Waals surface area (Å²) in [4.78, 5) is 24.7. The largest absolute Gasteiger partial charge is 0.394 e. The van der Waals surface area contributed by atoms with Gasteiger partial charge >= 0.3 is 0 Å². The lowest BCUT2D eigenvalue weighted by Gasteiger charge is -2.16. The fraction of sp³-hybridized carbons (Fsp3) is 0.286. The first-order valence-corrected chi connectivity index (χ1v) is 10.0. The lowest BCUT2D eigenvalue weighted by molar-refractivity contribution is 0.0912. The van der Waals surface area contributed by atoms with Gasteiger partial charge in [-0.2, -0.15) is 0 Å². The number of aromatic nitrogens is 3. The van der Waals surface area contributed by atoms with E-state index in [9.17, 15) is 9.90 Å². The van der Waals surface area contributed by atoms with E-state index in [1.807, 2.05) is 37.3 Å². The first-order chi connectivity index (χ1) is 13.5. The normalized spacial score (nSPS) is 12.2. The van der Waals surface area contributed by atoms with E-state index < -0.39 is 6.04 Å². The zero-order valence-electron chi connectivity index (χ0n) is 16.1. The molecule has 3 rings (SSSR count). The predicted octanol–water partition coefficient (Wildman–Crippen LogP) is 3.74. The fourth-order valence-electron chi connectivity index (χ4n) is 2.80. The van der Waals surface area contributed by atoms with Gasteiger partial charge in [-0.1, -0.05) is 55.9 Å². The maximum atomic E-state index is 12.6. The topological polar surface area (TPSA) is 90.9 Å². The van der Waals surface area contributed by atoms with Crippen LogP contribution in [0.25, 0.3) is 11.3 Å². The molecule has 2 aromatic heterocycles. The summed E-state index contributed by atoms with van der Waals surface area (Å²) in [5.74, 6) is -0.280. The number of aromatic amines is 1. The van der Waals surface area contributed by atoms with Crippen LogP contribution in [0.1, 0.15) is 41.5 Å². The average molecular weight is 397 g/mol. The number of rotatable bonds is 7. The minimum absolute atomic E-state index is 0.176. The molecule has 0 radical (unpaired) electrons. The smallest absolute Gasteiger partial charge is 0.268 e. The monoisotopic (exact) mass is 396 g/mol. The molecule has 0 saturated carbocycles. The second-order valence-corrected chi connectivity index (χ2v) is 8.32. The Bertz CT molecular complexity index is 941. The molecule has 0 aliphatic rings. The van der Waals surface area contributed by atoms with Crippen molar-refractivity contribution in [2.24, 2.45) is 0 Å². The molecule has 0 aliphatic heterocycles. The number of nitrogens with one attached hydrogen (secondary N) is 2. The van der Waals surface area contributed by atoms with Crippen molar-refractivity contribution in [3.8, 4) is 11.3 Å². The number of hydrogen-bond donors (Lipinski definition) is 3. The maximum Gasteiger partial charge on any atom is 0.268 e. The number of carbonyl (C=O) groups excluding carboxylic acids is 1. The van der Waals surface area contributed by atoms with E-state index in [2.05, 4.69) is 34.1 Å². The summed E-state index contributed by atoms with van der Waals surface area (Å²) < 4.78 is 0. The number of amides is 1. The number of hydrogen-bond acceptors (Lipinski definition) is 5. The maximum absolute atomic E-state index is 12.6. The highest BCUT2D eigenvalue weighted by Gasteiger charge is 2.17. The molecule has 3 aromatic rings. The van der Waals surface area contributed by atoms with Crippen molar-refractivity contribution in [2.75, 3.05) is 6.61 Å². The van der Waals surface area contributed by atoms with Crippen molar-refractivity contribution in [3.63, 3.8) is 0 Å². The van der Waals surface area contributed by atoms with Crippen LogP contribution in [0.15, 0.2) is 53.9 Å². The molecule has 3 N–H and O–H groups in total. The van der Waals surface area contributed by atoms with Gasteiger partial charge in [0.25, 0.3) is 5.91 Å². The van der Waals surface area contributed by atoms with Crippen LogP contribution >= 0.6 is 11.8 Å². The number of H-pyrrole nitrogens is 1. The van der Waals surface area contributed by atoms with Gasteiger partial charge in [0.05, 0.1) is 18.3 Å². The highest BCUT2D eigenvalue weighted by molar-refractivity contribution is 7.99. The Balaban J connectivity index is 1.79. The second kappa shape index (κ2) is 9.03. The molecule has 2 heterocycles. The molecule has 0 saturated heterocycles. The summed E-state index contributed by atoms with van der Waals surface area (Å²) in [5.41, 5.74) is 3.84. The quantitative estimate of drug-likeness (QED) is 0.418. The minimum atomic E-state index is -0.463. The standard InChI is InChI=1S/C21H24N4O2S/c1-13(2)28-21-23-10-14(3)19(25-21)16-9-17(22-11-16)20(27)24-18(12-26)15-7-5-4-6-8-15/h4-11,13,18,22,26H,12H2,1-3H3,(H,24,27)/t18-/m1/s1. The highest BCUT2D eigenvalue weighted by Crippen LogP contribution is 2.26. The molecular formula is C21H24N4O2S. The molecule has 0 unspecified atom stereocenters. The van der Waals surface area contributed by atoms with Crippen LogP contribution in [-0.2, 0) is 0 Å². The van der Waals surface area contributed by atoms with Crippen LogP contribution in [0, 0.1) is 6.92 Å². The molecule has 0 aliphatic carbocycles. The molecule has 1 aromatic carbocycles. The number of thioether (sulfide) groups is 1. The summed E-state index contributed by atoms with van der Waals surface area (Å²) in [6.45, 7) is 5.96. The van der Waals surface area contributed by atoms with Gasteiger partial charge in [-0.05, 0) is 24.1 Å². The molecule has 0 spiro atoms. The Kier molecular flexibility index (Phi) is 6.49. The first-order valence-electron chi connectivity index (χ1n) is 9.13. The molecule has 0 fully saturated rings. The van der Waals surface area contributed by atoms with Gasteiger partial charge in [0, 0.05) is 23.2 Å². The van der Waals surface area contributed by atoms with Crippen molar-refractivity contribution in [2.45, 2.75) is 37.2 Å². The van der Waals surface area contributed by atoms with Crippen LogP contribution in [0.5, 0.6) is 0 Å². The average Bonchev–Trinajstić information content (AvgIpc) is 3.18. The predicted molar refractivity (Wildman–Crippen MR) is 111 cm³/mol. The van der Waals surface area contributed by atoms with Gasteiger partial charge in [-0.15, -0.1) is 0 Å². The van der Waals surface area contributed by atoms with E-state index in [1.165, 1.54) is 0 Å². The van der Waals surface area contributed by atoms with Crippen LogP contribution < -0.4 is 5.32 Å². The van der Waals surface area contributed by atoms with Crippen molar-refractivity contribution in [1.29, 1.82) is 0 Å². The minimum Gasteiger partial charge on any atom is -0.394 e. The molecule has 28 heavy (non-hydrogen) atoms. The third kappa shape index (κ3) is 4.79. The molecule has 1 atom stereocenters.